The zero-order valence-corrected chi connectivity index (χ0v) is 7.07. The van der Waals surface area contributed by atoms with Gasteiger partial charge < -0.3 is 10.1 Å². The molecule has 0 aromatic carbocycles. The van der Waals surface area contributed by atoms with E-state index in [0.717, 1.165) is 0 Å². The van der Waals surface area contributed by atoms with Crippen LogP contribution >= 0.6 is 0 Å². The van der Waals surface area contributed by atoms with Gasteiger partial charge in [0.05, 0.1) is 0 Å². The van der Waals surface area contributed by atoms with Gasteiger partial charge in [0.1, 0.15) is 6.61 Å². The van der Waals surface area contributed by atoms with Crippen molar-refractivity contribution in [3.8, 4) is 0 Å². The maximum Gasteiger partial charge on any atom is 0.251 e. The first-order valence-corrected chi connectivity index (χ1v) is 3.51. The largest absolute Gasteiger partial charge is 0.375 e. The molecule has 0 unspecified atom stereocenters. The molecule has 1 aromatic rings. The number of hydrogen-bond donors (Lipinski definition) is 1. The second kappa shape index (κ2) is 3.87. The molecule has 0 fully saturated rings. The van der Waals surface area contributed by atoms with Gasteiger partial charge >= 0.3 is 0 Å². The van der Waals surface area contributed by atoms with Crippen molar-refractivity contribution >= 4 is 11.7 Å². The fourth-order valence-corrected chi connectivity index (χ4v) is 0.792. The van der Waals surface area contributed by atoms with E-state index >= 15 is 0 Å². The minimum Gasteiger partial charge on any atom is -0.375 e. The molecule has 0 spiro atoms. The summed E-state index contributed by atoms with van der Waals surface area (Å²) in [6, 6.07) is 1.72. The molecule has 1 heterocycles. The number of hydrogen-bond acceptors (Lipinski definition) is 3. The summed E-state index contributed by atoms with van der Waals surface area (Å²) in [5, 5.41) is 6.53. The van der Waals surface area contributed by atoms with Gasteiger partial charge in [-0.15, -0.1) is 0 Å². The first-order chi connectivity index (χ1) is 5.72. The highest BCUT2D eigenvalue weighted by atomic mass is 16.5. The van der Waals surface area contributed by atoms with Gasteiger partial charge in [0, 0.05) is 26.4 Å². The van der Waals surface area contributed by atoms with E-state index in [0.29, 0.717) is 5.82 Å². The van der Waals surface area contributed by atoms with E-state index in [4.69, 9.17) is 0 Å². The number of methoxy groups -OCH3 is 1. The van der Waals surface area contributed by atoms with Crippen LogP contribution in [0.5, 0.6) is 0 Å². The molecule has 66 valence electrons. The van der Waals surface area contributed by atoms with E-state index in [1.165, 1.54) is 7.11 Å². The molecular weight excluding hydrogens is 158 g/mol. The van der Waals surface area contributed by atoms with Gasteiger partial charge in [-0.2, -0.15) is 5.10 Å². The van der Waals surface area contributed by atoms with Gasteiger partial charge in [-0.1, -0.05) is 0 Å². The summed E-state index contributed by atoms with van der Waals surface area (Å²) in [5.74, 6) is 0.343. The lowest BCUT2D eigenvalue weighted by Crippen LogP contribution is -2.17. The van der Waals surface area contributed by atoms with Gasteiger partial charge in [-0.3, -0.25) is 9.48 Å². The third kappa shape index (κ3) is 2.35. The molecule has 1 aromatic heterocycles. The second-order valence-electron chi connectivity index (χ2n) is 2.36. The van der Waals surface area contributed by atoms with Crippen LogP contribution in [0.1, 0.15) is 0 Å². The maximum absolute atomic E-state index is 10.9. The Balaban J connectivity index is 2.46. The van der Waals surface area contributed by atoms with Crippen molar-refractivity contribution in [1.82, 2.24) is 9.78 Å². The van der Waals surface area contributed by atoms with Crippen LogP contribution < -0.4 is 5.32 Å². The second-order valence-corrected chi connectivity index (χ2v) is 2.36. The van der Waals surface area contributed by atoms with Crippen LogP contribution in [-0.2, 0) is 16.6 Å². The summed E-state index contributed by atoms with van der Waals surface area (Å²) in [6.07, 6.45) is 1.75. The van der Waals surface area contributed by atoms with E-state index in [1.807, 2.05) is 0 Å². The molecule has 0 atom stereocenters. The Morgan fingerprint density at radius 3 is 3.08 bits per heavy atom. The Morgan fingerprint density at radius 1 is 1.83 bits per heavy atom. The number of amides is 1. The molecule has 12 heavy (non-hydrogen) atoms. The summed E-state index contributed by atoms with van der Waals surface area (Å²) in [4.78, 5) is 10.9. The predicted octanol–water partition coefficient (Wildman–Crippen LogP) is 0.00500. The summed E-state index contributed by atoms with van der Waals surface area (Å²) < 4.78 is 6.25. The normalized spacial score (nSPS) is 9.83. The summed E-state index contributed by atoms with van der Waals surface area (Å²) in [5.41, 5.74) is 0. The number of carbonyl (C=O) groups excluding carboxylic acids is 1. The number of nitrogens with one attached hydrogen (secondary N) is 1. The smallest absolute Gasteiger partial charge is 0.251 e. The zero-order chi connectivity index (χ0) is 8.97. The van der Waals surface area contributed by atoms with Crippen LogP contribution in [0.25, 0.3) is 0 Å². The van der Waals surface area contributed by atoms with E-state index in [2.05, 4.69) is 15.2 Å². The summed E-state index contributed by atoms with van der Waals surface area (Å²) in [7, 11) is 3.25. The van der Waals surface area contributed by atoms with Crippen LogP contribution in [0.2, 0.25) is 0 Å². The highest BCUT2D eigenvalue weighted by molar-refractivity contribution is 5.90. The standard InChI is InChI=1S/C7H11N3O2/c1-10-4-3-6(9-10)8-7(11)5-12-2/h3-4H,5H2,1-2H3,(H,8,9,11). The fraction of sp³-hybridized carbons (Fsp3) is 0.429. The van der Waals surface area contributed by atoms with Crippen LogP contribution in [-0.4, -0.2) is 29.4 Å². The molecule has 0 aliphatic carbocycles. The lowest BCUT2D eigenvalue weighted by molar-refractivity contribution is -0.119. The molecule has 1 rings (SSSR count). The number of aromatic nitrogens is 2. The van der Waals surface area contributed by atoms with Crippen molar-refractivity contribution in [1.29, 1.82) is 0 Å². The van der Waals surface area contributed by atoms with Crippen molar-refractivity contribution < 1.29 is 9.53 Å². The van der Waals surface area contributed by atoms with Crippen molar-refractivity contribution in [2.24, 2.45) is 7.05 Å². The molecule has 0 aliphatic heterocycles. The maximum atomic E-state index is 10.9. The molecular formula is C7H11N3O2. The number of ether oxygens (including phenoxy) is 1. The van der Waals surface area contributed by atoms with E-state index in [9.17, 15) is 4.79 Å². The van der Waals surface area contributed by atoms with Crippen LogP contribution in [0.15, 0.2) is 12.3 Å². The van der Waals surface area contributed by atoms with Crippen molar-refractivity contribution in [3.63, 3.8) is 0 Å². The third-order valence-electron chi connectivity index (χ3n) is 1.26. The SMILES string of the molecule is COCC(=O)Nc1ccn(C)n1. The van der Waals surface area contributed by atoms with Crippen LogP contribution in [0.4, 0.5) is 5.82 Å². The molecule has 0 aliphatic rings. The lowest BCUT2D eigenvalue weighted by Gasteiger charge is -1.98. The minimum absolute atomic E-state index is 0.0522. The Hall–Kier alpha value is -1.36. The fourth-order valence-electron chi connectivity index (χ4n) is 0.792. The Morgan fingerprint density at radius 2 is 2.58 bits per heavy atom. The van der Waals surface area contributed by atoms with Gasteiger partial charge in [0.15, 0.2) is 5.82 Å². The molecule has 0 radical (unpaired) electrons. The molecule has 1 amide bonds. The average Bonchev–Trinajstić information content (AvgIpc) is 2.36. The van der Waals surface area contributed by atoms with E-state index < -0.39 is 0 Å². The van der Waals surface area contributed by atoms with E-state index in [-0.39, 0.29) is 12.5 Å². The summed E-state index contributed by atoms with van der Waals surface area (Å²) in [6.45, 7) is 0.0522. The first kappa shape index (κ1) is 8.73. The molecule has 0 bridgehead atoms. The van der Waals surface area contributed by atoms with Crippen molar-refractivity contribution in [3.05, 3.63) is 12.3 Å². The van der Waals surface area contributed by atoms with Crippen molar-refractivity contribution in [2.75, 3.05) is 19.0 Å². The first-order valence-electron chi connectivity index (χ1n) is 3.51. The van der Waals surface area contributed by atoms with E-state index in [1.54, 1.807) is 24.0 Å². The predicted molar refractivity (Wildman–Crippen MR) is 43.7 cm³/mol. The van der Waals surface area contributed by atoms with Gasteiger partial charge in [0.2, 0.25) is 0 Å². The van der Waals surface area contributed by atoms with Crippen molar-refractivity contribution in [2.45, 2.75) is 0 Å². The topological polar surface area (TPSA) is 56.1 Å². The minimum atomic E-state index is -0.198. The lowest BCUT2D eigenvalue weighted by atomic mass is 10.6. The number of rotatable bonds is 3. The average molecular weight is 169 g/mol. The van der Waals surface area contributed by atoms with Gasteiger partial charge in [-0.05, 0) is 0 Å². The Bertz CT molecular complexity index is 269. The molecule has 5 heteroatoms. The Kier molecular flexibility index (Phi) is 2.82. The Labute approximate surface area is 70.3 Å². The molecule has 1 N–H and O–H groups in total. The van der Waals surface area contributed by atoms with Crippen LogP contribution in [0.3, 0.4) is 0 Å². The zero-order valence-electron chi connectivity index (χ0n) is 7.07. The number of aryl methyl sites for hydroxylation is 1. The monoisotopic (exact) mass is 169 g/mol. The summed E-state index contributed by atoms with van der Waals surface area (Å²) >= 11 is 0. The number of nitrogens with zero attached hydrogens (tertiary/aromatic N) is 2. The molecule has 0 saturated heterocycles. The van der Waals surface area contributed by atoms with Gasteiger partial charge in [0.25, 0.3) is 5.91 Å². The molecule has 0 saturated carbocycles. The van der Waals surface area contributed by atoms with Gasteiger partial charge in [-0.25, -0.2) is 0 Å². The highest BCUT2D eigenvalue weighted by Crippen LogP contribution is 1.99. The van der Waals surface area contributed by atoms with Crippen LogP contribution in [0, 0.1) is 0 Å². The third-order valence-corrected chi connectivity index (χ3v) is 1.26. The highest BCUT2D eigenvalue weighted by Gasteiger charge is 2.02. The quantitative estimate of drug-likeness (QED) is 0.693. The molecule has 5 nitrogen and oxygen atoms in total. The number of anilines is 1. The number of carbonyl (C=O) groups is 1.